The van der Waals surface area contributed by atoms with Crippen molar-refractivity contribution in [3.05, 3.63) is 53.9 Å². The van der Waals surface area contributed by atoms with Gasteiger partial charge in [-0.15, -0.1) is 0 Å². The normalized spacial score (nSPS) is 13.4. The van der Waals surface area contributed by atoms with Crippen molar-refractivity contribution in [1.82, 2.24) is 9.97 Å². The van der Waals surface area contributed by atoms with E-state index in [2.05, 4.69) is 34.0 Å². The highest BCUT2D eigenvalue weighted by atomic mass is 15.0. The lowest BCUT2D eigenvalue weighted by Gasteiger charge is -2.02. The molecule has 0 spiro atoms. The van der Waals surface area contributed by atoms with E-state index in [-0.39, 0.29) is 6.04 Å². The Morgan fingerprint density at radius 2 is 2.00 bits per heavy atom. The van der Waals surface area contributed by atoms with E-state index in [1.165, 1.54) is 0 Å². The van der Waals surface area contributed by atoms with Crippen LogP contribution in [0.15, 0.2) is 47.5 Å². The van der Waals surface area contributed by atoms with Crippen molar-refractivity contribution in [3.63, 3.8) is 0 Å². The quantitative estimate of drug-likeness (QED) is 0.819. The Hall–Kier alpha value is -2.16. The first-order chi connectivity index (χ1) is 9.22. The van der Waals surface area contributed by atoms with Crippen LogP contribution in [0.25, 0.3) is 11.4 Å². The first kappa shape index (κ1) is 13.3. The lowest BCUT2D eigenvalue weighted by atomic mass is 10.2. The number of aromatic nitrogens is 2. The summed E-state index contributed by atoms with van der Waals surface area (Å²) in [6.07, 6.45) is 5.71. The van der Waals surface area contributed by atoms with Gasteiger partial charge in [0.25, 0.3) is 0 Å². The Balaban J connectivity index is 2.26. The van der Waals surface area contributed by atoms with Crippen molar-refractivity contribution in [2.24, 2.45) is 4.99 Å². The van der Waals surface area contributed by atoms with Crippen LogP contribution in [0.3, 0.4) is 0 Å². The summed E-state index contributed by atoms with van der Waals surface area (Å²) >= 11 is 0. The van der Waals surface area contributed by atoms with Gasteiger partial charge in [0.15, 0.2) is 0 Å². The van der Waals surface area contributed by atoms with Crippen LogP contribution in [0.5, 0.6) is 0 Å². The summed E-state index contributed by atoms with van der Waals surface area (Å²) in [7, 11) is 0. The van der Waals surface area contributed by atoms with Crippen molar-refractivity contribution < 1.29 is 0 Å². The molecule has 0 amide bonds. The highest BCUT2D eigenvalue weighted by Gasteiger charge is 2.13. The number of aliphatic imine (C=N–C) groups is 1. The molecule has 0 aliphatic rings. The number of rotatable bonds is 4. The molecular formula is C16H19N3. The average molecular weight is 253 g/mol. The number of hydrogen-bond acceptors (Lipinski definition) is 2. The van der Waals surface area contributed by atoms with E-state index in [1.54, 1.807) is 0 Å². The summed E-state index contributed by atoms with van der Waals surface area (Å²) in [5.74, 6) is 0.904. The van der Waals surface area contributed by atoms with Crippen molar-refractivity contribution in [3.8, 4) is 11.4 Å². The number of H-pyrrole nitrogens is 1. The van der Waals surface area contributed by atoms with Crippen LogP contribution in [-0.2, 0) is 0 Å². The zero-order chi connectivity index (χ0) is 13.7. The predicted octanol–water partition coefficient (Wildman–Crippen LogP) is 4.09. The topological polar surface area (TPSA) is 41.0 Å². The fraction of sp³-hybridized carbons (Fsp3) is 0.250. The second-order valence-electron chi connectivity index (χ2n) is 4.46. The van der Waals surface area contributed by atoms with Gasteiger partial charge in [-0.25, -0.2) is 4.98 Å². The van der Waals surface area contributed by atoms with Gasteiger partial charge in [-0.05, 0) is 26.8 Å². The van der Waals surface area contributed by atoms with Crippen LogP contribution in [0.1, 0.15) is 31.3 Å². The van der Waals surface area contributed by atoms with Crippen molar-refractivity contribution in [1.29, 1.82) is 0 Å². The molecule has 1 aromatic carbocycles. The minimum Gasteiger partial charge on any atom is -0.342 e. The number of imidazole rings is 1. The van der Waals surface area contributed by atoms with Gasteiger partial charge in [0.05, 0.1) is 11.7 Å². The molecule has 1 aromatic heterocycles. The molecule has 0 saturated heterocycles. The molecule has 1 unspecified atom stereocenters. The zero-order valence-corrected chi connectivity index (χ0v) is 11.6. The molecule has 0 aliphatic carbocycles. The summed E-state index contributed by atoms with van der Waals surface area (Å²) < 4.78 is 0. The summed E-state index contributed by atoms with van der Waals surface area (Å²) in [5, 5.41) is 0. The maximum absolute atomic E-state index is 4.67. The number of nitrogens with one attached hydrogen (secondary N) is 1. The number of allylic oxidation sites excluding steroid dienone is 2. The maximum Gasteiger partial charge on any atom is 0.137 e. The van der Waals surface area contributed by atoms with Crippen molar-refractivity contribution in [2.45, 2.75) is 26.8 Å². The number of aryl methyl sites for hydroxylation is 1. The molecule has 1 atom stereocenters. The zero-order valence-electron chi connectivity index (χ0n) is 11.6. The number of nitrogens with zero attached hydrogens (tertiary/aromatic N) is 2. The molecule has 2 aromatic rings. The van der Waals surface area contributed by atoms with Crippen LogP contribution < -0.4 is 0 Å². The third-order valence-electron chi connectivity index (χ3n) is 2.95. The van der Waals surface area contributed by atoms with Crippen molar-refractivity contribution >= 4 is 6.21 Å². The van der Waals surface area contributed by atoms with Crippen LogP contribution in [-0.4, -0.2) is 16.2 Å². The van der Waals surface area contributed by atoms with Crippen LogP contribution in [0.4, 0.5) is 0 Å². The molecule has 1 heterocycles. The van der Waals surface area contributed by atoms with E-state index in [9.17, 15) is 0 Å². The standard InChI is InChI=1S/C16H19N3/c1-4-5-11-17-12(2)15-13(3)18-16(19-15)14-9-7-6-8-10-14/h4-12H,1-3H3,(H,18,19)/b5-4-,17-11?. The van der Waals surface area contributed by atoms with E-state index in [0.29, 0.717) is 0 Å². The molecule has 0 aliphatic heterocycles. The highest BCUT2D eigenvalue weighted by Crippen LogP contribution is 2.23. The van der Waals surface area contributed by atoms with Gasteiger partial charge in [-0.1, -0.05) is 36.4 Å². The molecule has 0 radical (unpaired) electrons. The molecule has 2 rings (SSSR count). The van der Waals surface area contributed by atoms with E-state index in [4.69, 9.17) is 0 Å². The van der Waals surface area contributed by atoms with Crippen molar-refractivity contribution in [2.75, 3.05) is 0 Å². The minimum atomic E-state index is 0.0601. The third-order valence-corrected chi connectivity index (χ3v) is 2.95. The average Bonchev–Trinajstić information content (AvgIpc) is 2.82. The van der Waals surface area contributed by atoms with Crippen LogP contribution in [0.2, 0.25) is 0 Å². The second-order valence-corrected chi connectivity index (χ2v) is 4.46. The predicted molar refractivity (Wildman–Crippen MR) is 80.5 cm³/mol. The van der Waals surface area contributed by atoms with Gasteiger partial charge in [-0.2, -0.15) is 0 Å². The van der Waals surface area contributed by atoms with Gasteiger partial charge in [0, 0.05) is 17.5 Å². The van der Waals surface area contributed by atoms with Gasteiger partial charge in [-0.3, -0.25) is 4.99 Å². The summed E-state index contributed by atoms with van der Waals surface area (Å²) in [4.78, 5) is 12.5. The molecule has 19 heavy (non-hydrogen) atoms. The van der Waals surface area contributed by atoms with E-state index in [1.807, 2.05) is 50.4 Å². The molecule has 0 fully saturated rings. The molecular weight excluding hydrogens is 234 g/mol. The first-order valence-electron chi connectivity index (χ1n) is 6.48. The Bertz CT molecular complexity index is 579. The first-order valence-corrected chi connectivity index (χ1v) is 6.48. The third kappa shape index (κ3) is 3.19. The van der Waals surface area contributed by atoms with Gasteiger partial charge in [0.2, 0.25) is 0 Å². The molecule has 3 heteroatoms. The molecule has 0 bridgehead atoms. The van der Waals surface area contributed by atoms with E-state index >= 15 is 0 Å². The number of hydrogen-bond donors (Lipinski definition) is 1. The van der Waals surface area contributed by atoms with Gasteiger partial charge >= 0.3 is 0 Å². The van der Waals surface area contributed by atoms with E-state index in [0.717, 1.165) is 22.8 Å². The smallest absolute Gasteiger partial charge is 0.137 e. The Morgan fingerprint density at radius 3 is 2.68 bits per heavy atom. The van der Waals surface area contributed by atoms with E-state index < -0.39 is 0 Å². The summed E-state index contributed by atoms with van der Waals surface area (Å²) in [6, 6.07) is 10.2. The Kier molecular flexibility index (Phi) is 4.29. The molecule has 98 valence electrons. The number of benzene rings is 1. The maximum atomic E-state index is 4.67. The molecule has 3 nitrogen and oxygen atoms in total. The lowest BCUT2D eigenvalue weighted by Crippen LogP contribution is -1.93. The van der Waals surface area contributed by atoms with Gasteiger partial charge in [0.1, 0.15) is 5.82 Å². The second kappa shape index (κ2) is 6.14. The van der Waals surface area contributed by atoms with Crippen LogP contribution >= 0.6 is 0 Å². The SMILES string of the molecule is C/C=C\C=NC(C)c1nc(-c2ccccc2)[nH]c1C. The van der Waals surface area contributed by atoms with Crippen LogP contribution in [0, 0.1) is 6.92 Å². The minimum absolute atomic E-state index is 0.0601. The van der Waals surface area contributed by atoms with Gasteiger partial charge < -0.3 is 4.98 Å². The Morgan fingerprint density at radius 1 is 1.26 bits per heavy atom. The molecule has 1 N–H and O–H groups in total. The fourth-order valence-corrected chi connectivity index (χ4v) is 1.95. The molecule has 0 saturated carbocycles. The summed E-state index contributed by atoms with van der Waals surface area (Å²) in [5.41, 5.74) is 3.17. The summed E-state index contributed by atoms with van der Waals surface area (Å²) in [6.45, 7) is 6.07. The Labute approximate surface area is 114 Å². The highest BCUT2D eigenvalue weighted by molar-refractivity contribution is 5.71. The lowest BCUT2D eigenvalue weighted by molar-refractivity contribution is 0.787. The fourth-order valence-electron chi connectivity index (χ4n) is 1.95. The largest absolute Gasteiger partial charge is 0.342 e. The number of aromatic amines is 1. The monoisotopic (exact) mass is 253 g/mol.